The lowest BCUT2D eigenvalue weighted by Crippen LogP contribution is -2.38. The van der Waals surface area contributed by atoms with Crippen molar-refractivity contribution in [2.24, 2.45) is 0 Å². The molecule has 0 radical (unpaired) electrons. The van der Waals surface area contributed by atoms with Crippen LogP contribution >= 0.6 is 11.3 Å². The molecule has 1 aromatic heterocycles. The Balaban J connectivity index is 1.58. The molecule has 0 bridgehead atoms. The Morgan fingerprint density at radius 2 is 1.96 bits per heavy atom. The molecule has 5 atom stereocenters. The van der Waals surface area contributed by atoms with Gasteiger partial charge in [0.25, 0.3) is 0 Å². The maximum absolute atomic E-state index is 6.32. The van der Waals surface area contributed by atoms with Gasteiger partial charge in [-0.2, -0.15) is 11.3 Å². The van der Waals surface area contributed by atoms with Crippen LogP contribution in [0, 0.1) is 0 Å². The number of hydrogen-bond donors (Lipinski definition) is 0. The maximum Gasteiger partial charge on any atom is 0.117 e. The van der Waals surface area contributed by atoms with Crippen LogP contribution in [0.4, 0.5) is 0 Å². The number of benzene rings is 1. The van der Waals surface area contributed by atoms with Gasteiger partial charge in [-0.05, 0) is 46.9 Å². The van der Waals surface area contributed by atoms with Crippen molar-refractivity contribution in [1.29, 1.82) is 0 Å². The lowest BCUT2D eigenvalue weighted by Gasteiger charge is -2.34. The third-order valence-electron chi connectivity index (χ3n) is 4.84. The Hall–Kier alpha value is -1.20. The molecule has 1 unspecified atom stereocenters. The molecule has 0 amide bonds. The van der Waals surface area contributed by atoms with E-state index in [1.54, 1.807) is 11.3 Å². The van der Waals surface area contributed by atoms with E-state index in [1.807, 2.05) is 0 Å². The molecule has 3 heterocycles. The summed E-state index contributed by atoms with van der Waals surface area (Å²) in [5.74, 6) is 0. The normalized spacial score (nSPS) is 32.5. The van der Waals surface area contributed by atoms with Gasteiger partial charge in [-0.25, -0.2) is 0 Å². The van der Waals surface area contributed by atoms with Gasteiger partial charge in [0.05, 0.1) is 18.8 Å². The van der Waals surface area contributed by atoms with E-state index in [0.717, 1.165) is 6.42 Å². The molecule has 122 valence electrons. The van der Waals surface area contributed by atoms with E-state index in [0.29, 0.717) is 6.61 Å². The van der Waals surface area contributed by atoms with Gasteiger partial charge in [-0.3, -0.25) is 0 Å². The second-order valence-electron chi connectivity index (χ2n) is 6.28. The lowest BCUT2D eigenvalue weighted by molar-refractivity contribution is -0.108. The van der Waals surface area contributed by atoms with Gasteiger partial charge in [0.1, 0.15) is 18.3 Å². The molecule has 1 fully saturated rings. The summed E-state index contributed by atoms with van der Waals surface area (Å²) in [6, 6.07) is 10.6. The molecule has 23 heavy (non-hydrogen) atoms. The largest absolute Gasteiger partial charge is 0.368 e. The van der Waals surface area contributed by atoms with Crippen LogP contribution in [0.1, 0.15) is 49.2 Å². The predicted molar refractivity (Wildman–Crippen MR) is 90.5 cm³/mol. The molecule has 2 aromatic rings. The fourth-order valence-corrected chi connectivity index (χ4v) is 4.33. The molecule has 0 spiro atoms. The van der Waals surface area contributed by atoms with E-state index in [9.17, 15) is 0 Å². The van der Waals surface area contributed by atoms with Crippen LogP contribution in [0.5, 0.6) is 0 Å². The number of hydrogen-bond acceptors (Lipinski definition) is 4. The maximum atomic E-state index is 6.32. The highest BCUT2D eigenvalue weighted by molar-refractivity contribution is 7.07. The van der Waals surface area contributed by atoms with Crippen molar-refractivity contribution in [3.63, 3.8) is 0 Å². The van der Waals surface area contributed by atoms with Gasteiger partial charge in [0.2, 0.25) is 0 Å². The summed E-state index contributed by atoms with van der Waals surface area (Å²) in [7, 11) is 0. The van der Waals surface area contributed by atoms with Crippen LogP contribution in [-0.2, 0) is 20.8 Å². The van der Waals surface area contributed by atoms with Gasteiger partial charge in [-0.1, -0.05) is 31.2 Å². The van der Waals surface area contributed by atoms with Crippen LogP contribution in [-0.4, -0.2) is 18.3 Å². The molecule has 4 heteroatoms. The average molecular weight is 330 g/mol. The summed E-state index contributed by atoms with van der Waals surface area (Å²) in [5.41, 5.74) is 3.72. The third-order valence-corrected chi connectivity index (χ3v) is 5.57. The zero-order chi connectivity index (χ0) is 15.8. The van der Waals surface area contributed by atoms with E-state index in [2.05, 4.69) is 54.9 Å². The Morgan fingerprint density at radius 3 is 2.70 bits per heavy atom. The first-order valence-corrected chi connectivity index (χ1v) is 9.24. The van der Waals surface area contributed by atoms with Gasteiger partial charge in [0, 0.05) is 0 Å². The number of fused-ring (bicyclic) bond motifs is 3. The molecule has 2 aliphatic rings. The first-order valence-electron chi connectivity index (χ1n) is 8.30. The highest BCUT2D eigenvalue weighted by Crippen LogP contribution is 2.46. The lowest BCUT2D eigenvalue weighted by atomic mass is 9.91. The Kier molecular flexibility index (Phi) is 4.24. The third kappa shape index (κ3) is 2.74. The van der Waals surface area contributed by atoms with Crippen LogP contribution < -0.4 is 0 Å². The summed E-state index contributed by atoms with van der Waals surface area (Å²) in [6.07, 6.45) is 1.05. The van der Waals surface area contributed by atoms with Gasteiger partial charge in [-0.15, -0.1) is 0 Å². The van der Waals surface area contributed by atoms with Gasteiger partial charge in [0.15, 0.2) is 0 Å². The first kappa shape index (κ1) is 15.3. The second kappa shape index (κ2) is 6.36. The van der Waals surface area contributed by atoms with Crippen LogP contribution in [0.25, 0.3) is 0 Å². The quantitative estimate of drug-likeness (QED) is 0.817. The van der Waals surface area contributed by atoms with Crippen LogP contribution in [0.3, 0.4) is 0 Å². The summed E-state index contributed by atoms with van der Waals surface area (Å²) in [4.78, 5) is 0. The highest BCUT2D eigenvalue weighted by Gasteiger charge is 2.49. The van der Waals surface area contributed by atoms with Crippen molar-refractivity contribution >= 4 is 11.3 Å². The second-order valence-corrected chi connectivity index (χ2v) is 7.06. The molecular weight excluding hydrogens is 308 g/mol. The average Bonchev–Trinajstić information content (AvgIpc) is 3.20. The molecule has 2 aliphatic heterocycles. The summed E-state index contributed by atoms with van der Waals surface area (Å²) in [6.45, 7) is 4.89. The summed E-state index contributed by atoms with van der Waals surface area (Å²) in [5, 5.41) is 4.22. The van der Waals surface area contributed by atoms with E-state index >= 15 is 0 Å². The molecule has 0 N–H and O–H groups in total. The van der Waals surface area contributed by atoms with Crippen molar-refractivity contribution in [2.45, 2.75) is 57.4 Å². The Bertz CT molecular complexity index is 654. The number of thiophene rings is 1. The Labute approximate surface area is 141 Å². The van der Waals surface area contributed by atoms with Crippen molar-refractivity contribution in [3.8, 4) is 0 Å². The number of ether oxygens (including phenoxy) is 3. The first-order chi connectivity index (χ1) is 11.3. The summed E-state index contributed by atoms with van der Waals surface area (Å²) < 4.78 is 18.9. The van der Waals surface area contributed by atoms with E-state index in [4.69, 9.17) is 14.2 Å². The van der Waals surface area contributed by atoms with Gasteiger partial charge >= 0.3 is 0 Å². The van der Waals surface area contributed by atoms with Crippen molar-refractivity contribution in [3.05, 3.63) is 57.8 Å². The highest BCUT2D eigenvalue weighted by atomic mass is 32.1. The van der Waals surface area contributed by atoms with E-state index in [1.165, 1.54) is 16.7 Å². The minimum atomic E-state index is -0.0246. The molecule has 0 saturated carbocycles. The predicted octanol–water partition coefficient (Wildman–Crippen LogP) is 4.64. The van der Waals surface area contributed by atoms with E-state index < -0.39 is 0 Å². The Morgan fingerprint density at radius 1 is 1.13 bits per heavy atom. The van der Waals surface area contributed by atoms with Gasteiger partial charge < -0.3 is 14.2 Å². The molecule has 4 rings (SSSR count). The monoisotopic (exact) mass is 330 g/mol. The standard InChI is InChI=1S/C19H22O3S/c1-3-16-18(20-10-13-8-9-23-11-13)19-17(22-16)15-7-5-4-6-14(15)12(2)21-19/h4-9,11-12,16-19H,3,10H2,1-2H3/t12?,16-,17-,18+,19+/m1/s1. The minimum Gasteiger partial charge on any atom is -0.368 e. The molecule has 0 aliphatic carbocycles. The zero-order valence-electron chi connectivity index (χ0n) is 13.5. The molecule has 1 aromatic carbocycles. The van der Waals surface area contributed by atoms with Crippen molar-refractivity contribution < 1.29 is 14.2 Å². The minimum absolute atomic E-state index is 0.0132. The summed E-state index contributed by atoms with van der Waals surface area (Å²) >= 11 is 1.70. The molecule has 3 nitrogen and oxygen atoms in total. The topological polar surface area (TPSA) is 27.7 Å². The molecular formula is C19H22O3S. The van der Waals surface area contributed by atoms with Crippen LogP contribution in [0.2, 0.25) is 0 Å². The van der Waals surface area contributed by atoms with E-state index in [-0.39, 0.29) is 30.5 Å². The SMILES string of the molecule is CC[C@H]1O[C@@H]2c3ccccc3C(C)O[C@@H]2[C@H]1OCc1ccsc1. The zero-order valence-corrected chi connectivity index (χ0v) is 14.3. The van der Waals surface area contributed by atoms with Crippen LogP contribution in [0.15, 0.2) is 41.1 Å². The fourth-order valence-electron chi connectivity index (χ4n) is 3.67. The number of rotatable bonds is 4. The van der Waals surface area contributed by atoms with Crippen molar-refractivity contribution in [1.82, 2.24) is 0 Å². The smallest absolute Gasteiger partial charge is 0.117 e. The fraction of sp³-hybridized carbons (Fsp3) is 0.474. The van der Waals surface area contributed by atoms with Crippen molar-refractivity contribution in [2.75, 3.05) is 0 Å². The molecule has 1 saturated heterocycles.